The van der Waals surface area contributed by atoms with Crippen LogP contribution in [0.5, 0.6) is 5.75 Å². The molecule has 0 spiro atoms. The van der Waals surface area contributed by atoms with Gasteiger partial charge in [-0.1, -0.05) is 0 Å². The molecule has 1 N–H and O–H groups in total. The standard InChI is InChI=1S/C13H19NO3/c1-9(2)17-12-6-11(7-14-8-12)13(15)4-5-16-10(13)3/h6-10,15H,4-5H2,1-3H3. The lowest BCUT2D eigenvalue weighted by Gasteiger charge is -2.26. The van der Waals surface area contributed by atoms with Gasteiger partial charge >= 0.3 is 0 Å². The molecule has 2 unspecified atom stereocenters. The lowest BCUT2D eigenvalue weighted by molar-refractivity contribution is -0.0321. The highest BCUT2D eigenvalue weighted by Crippen LogP contribution is 2.36. The van der Waals surface area contributed by atoms with E-state index in [0.29, 0.717) is 18.8 Å². The number of aliphatic hydroxyl groups is 1. The normalized spacial score (nSPS) is 28.6. The first-order valence-electron chi connectivity index (χ1n) is 5.98. The summed E-state index contributed by atoms with van der Waals surface area (Å²) in [6.07, 6.45) is 3.82. The van der Waals surface area contributed by atoms with E-state index in [1.807, 2.05) is 26.8 Å². The van der Waals surface area contributed by atoms with Gasteiger partial charge in [0.05, 0.1) is 25.0 Å². The van der Waals surface area contributed by atoms with Crippen LogP contribution in [0.25, 0.3) is 0 Å². The summed E-state index contributed by atoms with van der Waals surface area (Å²) in [6, 6.07) is 1.85. The maximum atomic E-state index is 10.6. The molecule has 4 nitrogen and oxygen atoms in total. The molecule has 0 bridgehead atoms. The number of aromatic nitrogens is 1. The molecule has 94 valence electrons. The highest BCUT2D eigenvalue weighted by Gasteiger charge is 2.41. The number of hydrogen-bond donors (Lipinski definition) is 1. The fourth-order valence-electron chi connectivity index (χ4n) is 2.10. The second kappa shape index (κ2) is 4.63. The van der Waals surface area contributed by atoms with Crippen molar-refractivity contribution in [2.75, 3.05) is 6.61 Å². The molecule has 0 aromatic carbocycles. The van der Waals surface area contributed by atoms with Crippen LogP contribution in [-0.2, 0) is 10.3 Å². The molecule has 0 saturated carbocycles. The Kier molecular flexibility index (Phi) is 3.35. The van der Waals surface area contributed by atoms with Crippen molar-refractivity contribution < 1.29 is 14.6 Å². The van der Waals surface area contributed by atoms with E-state index >= 15 is 0 Å². The van der Waals surface area contributed by atoms with E-state index in [1.54, 1.807) is 12.4 Å². The Labute approximate surface area is 102 Å². The van der Waals surface area contributed by atoms with Gasteiger partial charge in [-0.05, 0) is 26.8 Å². The molecule has 1 saturated heterocycles. The highest BCUT2D eigenvalue weighted by molar-refractivity contribution is 5.29. The monoisotopic (exact) mass is 237 g/mol. The van der Waals surface area contributed by atoms with E-state index in [2.05, 4.69) is 4.98 Å². The molecular formula is C13H19NO3. The number of pyridine rings is 1. The summed E-state index contributed by atoms with van der Waals surface area (Å²) in [7, 11) is 0. The van der Waals surface area contributed by atoms with Crippen molar-refractivity contribution in [2.24, 2.45) is 0 Å². The van der Waals surface area contributed by atoms with E-state index in [0.717, 1.165) is 5.56 Å². The molecule has 0 amide bonds. The Hall–Kier alpha value is -1.13. The minimum absolute atomic E-state index is 0.0962. The summed E-state index contributed by atoms with van der Waals surface area (Å²) < 4.78 is 11.0. The van der Waals surface area contributed by atoms with Crippen molar-refractivity contribution in [1.29, 1.82) is 0 Å². The Morgan fingerprint density at radius 1 is 1.53 bits per heavy atom. The van der Waals surface area contributed by atoms with E-state index in [-0.39, 0.29) is 12.2 Å². The van der Waals surface area contributed by atoms with Gasteiger partial charge in [0.2, 0.25) is 0 Å². The van der Waals surface area contributed by atoms with Crippen molar-refractivity contribution >= 4 is 0 Å². The average Bonchev–Trinajstić information content (AvgIpc) is 2.60. The summed E-state index contributed by atoms with van der Waals surface area (Å²) >= 11 is 0. The fourth-order valence-corrected chi connectivity index (χ4v) is 2.10. The molecule has 0 aliphatic carbocycles. The molecule has 2 atom stereocenters. The summed E-state index contributed by atoms with van der Waals surface area (Å²) in [5.41, 5.74) is -0.177. The topological polar surface area (TPSA) is 51.6 Å². The first-order valence-corrected chi connectivity index (χ1v) is 5.98. The SMILES string of the molecule is CC(C)Oc1cncc(C2(O)CCOC2C)c1. The number of rotatable bonds is 3. The predicted molar refractivity (Wildman–Crippen MR) is 63.9 cm³/mol. The zero-order valence-corrected chi connectivity index (χ0v) is 10.5. The van der Waals surface area contributed by atoms with Crippen LogP contribution in [0.4, 0.5) is 0 Å². The van der Waals surface area contributed by atoms with E-state index in [9.17, 15) is 5.11 Å². The minimum atomic E-state index is -0.941. The van der Waals surface area contributed by atoms with Gasteiger partial charge in [0.15, 0.2) is 0 Å². The van der Waals surface area contributed by atoms with Gasteiger partial charge in [-0.15, -0.1) is 0 Å². The quantitative estimate of drug-likeness (QED) is 0.872. The van der Waals surface area contributed by atoms with Crippen molar-refractivity contribution in [1.82, 2.24) is 4.98 Å². The molecule has 1 aromatic heterocycles. The number of nitrogens with zero attached hydrogens (tertiary/aromatic N) is 1. The summed E-state index contributed by atoms with van der Waals surface area (Å²) in [6.45, 7) is 6.38. The van der Waals surface area contributed by atoms with Crippen molar-refractivity contribution in [3.05, 3.63) is 24.0 Å². The Morgan fingerprint density at radius 3 is 2.88 bits per heavy atom. The molecule has 1 aromatic rings. The van der Waals surface area contributed by atoms with Gasteiger partial charge in [-0.2, -0.15) is 0 Å². The summed E-state index contributed by atoms with van der Waals surface area (Å²) in [5, 5.41) is 10.6. The van der Waals surface area contributed by atoms with Crippen LogP contribution in [0, 0.1) is 0 Å². The first kappa shape index (κ1) is 12.3. The summed E-state index contributed by atoms with van der Waals surface area (Å²) in [4.78, 5) is 4.12. The third-order valence-corrected chi connectivity index (χ3v) is 3.11. The largest absolute Gasteiger partial charge is 0.489 e. The zero-order chi connectivity index (χ0) is 12.5. The molecule has 1 fully saturated rings. The van der Waals surface area contributed by atoms with Gasteiger partial charge in [-0.25, -0.2) is 0 Å². The van der Waals surface area contributed by atoms with Gasteiger partial charge < -0.3 is 14.6 Å². The van der Waals surface area contributed by atoms with Crippen molar-refractivity contribution in [3.8, 4) is 5.75 Å². The van der Waals surface area contributed by atoms with Gasteiger partial charge in [0.1, 0.15) is 11.4 Å². The van der Waals surface area contributed by atoms with Gasteiger partial charge in [0, 0.05) is 18.2 Å². The molecule has 17 heavy (non-hydrogen) atoms. The van der Waals surface area contributed by atoms with Crippen LogP contribution >= 0.6 is 0 Å². The Bertz CT molecular complexity index is 394. The van der Waals surface area contributed by atoms with Crippen LogP contribution in [0.3, 0.4) is 0 Å². The van der Waals surface area contributed by atoms with E-state index < -0.39 is 5.60 Å². The van der Waals surface area contributed by atoms with E-state index in [4.69, 9.17) is 9.47 Å². The second-order valence-electron chi connectivity index (χ2n) is 4.76. The summed E-state index contributed by atoms with van der Waals surface area (Å²) in [5.74, 6) is 0.685. The first-order chi connectivity index (χ1) is 8.02. The lowest BCUT2D eigenvalue weighted by atomic mass is 9.89. The highest BCUT2D eigenvalue weighted by atomic mass is 16.5. The molecule has 2 rings (SSSR count). The Balaban J connectivity index is 2.26. The van der Waals surface area contributed by atoms with Crippen LogP contribution in [0.2, 0.25) is 0 Å². The molecule has 0 radical (unpaired) electrons. The van der Waals surface area contributed by atoms with E-state index in [1.165, 1.54) is 0 Å². The van der Waals surface area contributed by atoms with Crippen LogP contribution < -0.4 is 4.74 Å². The zero-order valence-electron chi connectivity index (χ0n) is 10.5. The second-order valence-corrected chi connectivity index (χ2v) is 4.76. The molecular weight excluding hydrogens is 218 g/mol. The fraction of sp³-hybridized carbons (Fsp3) is 0.615. The lowest BCUT2D eigenvalue weighted by Crippen LogP contribution is -2.33. The smallest absolute Gasteiger partial charge is 0.138 e. The van der Waals surface area contributed by atoms with Crippen LogP contribution in [0.15, 0.2) is 18.5 Å². The molecule has 1 aliphatic rings. The third-order valence-electron chi connectivity index (χ3n) is 3.11. The minimum Gasteiger partial charge on any atom is -0.489 e. The maximum Gasteiger partial charge on any atom is 0.138 e. The number of ether oxygens (including phenoxy) is 2. The Morgan fingerprint density at radius 2 is 2.29 bits per heavy atom. The average molecular weight is 237 g/mol. The van der Waals surface area contributed by atoms with Crippen LogP contribution in [0.1, 0.15) is 32.8 Å². The maximum absolute atomic E-state index is 10.6. The predicted octanol–water partition coefficient (Wildman–Crippen LogP) is 1.87. The molecule has 4 heteroatoms. The van der Waals surface area contributed by atoms with Crippen molar-refractivity contribution in [3.63, 3.8) is 0 Å². The van der Waals surface area contributed by atoms with Crippen molar-refractivity contribution in [2.45, 2.75) is 45.0 Å². The molecule has 1 aliphatic heterocycles. The number of hydrogen-bond acceptors (Lipinski definition) is 4. The van der Waals surface area contributed by atoms with Crippen LogP contribution in [-0.4, -0.2) is 28.9 Å². The third kappa shape index (κ3) is 2.42. The van der Waals surface area contributed by atoms with Gasteiger partial charge in [0.25, 0.3) is 0 Å². The molecule has 2 heterocycles. The van der Waals surface area contributed by atoms with Gasteiger partial charge in [-0.3, -0.25) is 4.98 Å².